The molecule has 0 saturated heterocycles. The minimum atomic E-state index is 0.843. The number of hydrogen-bond donors (Lipinski definition) is 0. The van der Waals surface area contributed by atoms with E-state index in [2.05, 4.69) is 47.3 Å². The Morgan fingerprint density at radius 3 is 1.75 bits per heavy atom. The topological polar surface area (TPSA) is 0 Å². The van der Waals surface area contributed by atoms with Crippen LogP contribution < -0.4 is 21.9 Å². The van der Waals surface area contributed by atoms with Crippen LogP contribution in [0.4, 0.5) is 0 Å². The van der Waals surface area contributed by atoms with Crippen LogP contribution in [-0.2, 0) is 0 Å². The van der Waals surface area contributed by atoms with Crippen molar-refractivity contribution in [3.63, 3.8) is 0 Å². The van der Waals surface area contributed by atoms with Gasteiger partial charge in [0.05, 0.1) is 0 Å². The second kappa shape index (κ2) is 3.55. The summed E-state index contributed by atoms with van der Waals surface area (Å²) in [5.41, 5.74) is 5.03. The lowest BCUT2D eigenvalue weighted by Crippen LogP contribution is -2.48. The Morgan fingerprint density at radius 1 is 0.833 bits per heavy atom. The molecule has 0 aliphatic heterocycles. The molecule has 0 aliphatic rings. The maximum Gasteiger partial charge on any atom is 0.140 e. The van der Waals surface area contributed by atoms with Crippen molar-refractivity contribution >= 4 is 80.8 Å². The molecule has 0 N–H and O–H groups in total. The Kier molecular flexibility index (Phi) is 3.06. The molecule has 0 bridgehead atoms. The van der Waals surface area contributed by atoms with Crippen LogP contribution in [-0.4, -0.2) is 31.4 Å². The van der Waals surface area contributed by atoms with Crippen molar-refractivity contribution in [1.29, 1.82) is 0 Å². The van der Waals surface area contributed by atoms with Gasteiger partial charge in [0.15, 0.2) is 0 Å². The van der Waals surface area contributed by atoms with Crippen LogP contribution in [0.15, 0.2) is 4.47 Å². The molecular weight excluding hydrogens is 231 g/mol. The van der Waals surface area contributed by atoms with E-state index < -0.39 is 0 Å². The largest absolute Gasteiger partial charge is 0.140 e. The Balaban J connectivity index is 3.60. The summed E-state index contributed by atoms with van der Waals surface area (Å²) in [5.74, 6) is 0. The first kappa shape index (κ1) is 10.3. The molecule has 0 amide bonds. The van der Waals surface area contributed by atoms with E-state index in [0.717, 1.165) is 9.50 Å². The Morgan fingerprint density at radius 2 is 1.25 bits per heavy atom. The van der Waals surface area contributed by atoms with Gasteiger partial charge in [0.1, 0.15) is 31.4 Å². The van der Waals surface area contributed by atoms with Gasteiger partial charge in [-0.15, -0.1) is 10.9 Å². The van der Waals surface area contributed by atoms with Gasteiger partial charge in [-0.2, -0.15) is 0 Å². The zero-order valence-corrected chi connectivity index (χ0v) is 10.1. The van der Waals surface area contributed by atoms with Crippen molar-refractivity contribution < 1.29 is 0 Å². The first-order valence-electron chi connectivity index (χ1n) is 3.88. The van der Waals surface area contributed by atoms with Gasteiger partial charge in [0, 0.05) is 9.50 Å². The Hall–Kier alpha value is 0.250. The van der Waals surface area contributed by atoms with Crippen LogP contribution in [0.1, 0.15) is 0 Å². The fourth-order valence-corrected chi connectivity index (χ4v) is 2.10. The third-order valence-corrected chi connectivity index (χ3v) is 4.23. The molecule has 6 heteroatoms. The summed E-state index contributed by atoms with van der Waals surface area (Å²) in [7, 11) is 8.36. The summed E-state index contributed by atoms with van der Waals surface area (Å²) in [6.07, 6.45) is 0. The summed E-state index contributed by atoms with van der Waals surface area (Å²) >= 11 is 9.60. The highest BCUT2D eigenvalue weighted by Crippen LogP contribution is 2.14. The summed E-state index contributed by atoms with van der Waals surface area (Å²) in [6.45, 7) is 0. The first-order chi connectivity index (χ1) is 5.46. The Labute approximate surface area is 90.2 Å². The van der Waals surface area contributed by atoms with E-state index in [-0.39, 0.29) is 0 Å². The quantitative estimate of drug-likeness (QED) is 0.406. The van der Waals surface area contributed by atoms with Gasteiger partial charge in [-0.3, -0.25) is 0 Å². The molecule has 58 valence electrons. The van der Waals surface area contributed by atoms with Crippen LogP contribution >= 0.6 is 27.5 Å². The number of rotatable bonds is 0. The molecule has 0 atom stereocenters. The average molecular weight is 239 g/mol. The maximum atomic E-state index is 6.11. The highest BCUT2D eigenvalue weighted by molar-refractivity contribution is 9.10. The maximum absolute atomic E-state index is 6.11. The lowest BCUT2D eigenvalue weighted by molar-refractivity contribution is 1.85. The smallest absolute Gasteiger partial charge is 0.101 e. The van der Waals surface area contributed by atoms with E-state index in [1.165, 1.54) is 21.9 Å². The van der Waals surface area contributed by atoms with Gasteiger partial charge in [0.2, 0.25) is 0 Å². The van der Waals surface area contributed by atoms with Gasteiger partial charge in [-0.25, -0.2) is 0 Å². The number of hydrogen-bond acceptors (Lipinski definition) is 0. The van der Waals surface area contributed by atoms with Crippen molar-refractivity contribution in [1.82, 2.24) is 0 Å². The molecule has 0 nitrogen and oxygen atoms in total. The first-order valence-corrected chi connectivity index (χ1v) is 5.05. The van der Waals surface area contributed by atoms with Crippen LogP contribution in [0.25, 0.3) is 0 Å². The van der Waals surface area contributed by atoms with Crippen molar-refractivity contribution in [3.05, 3.63) is 9.50 Å². The van der Waals surface area contributed by atoms with Gasteiger partial charge >= 0.3 is 0 Å². The zero-order valence-electron chi connectivity index (χ0n) is 7.76. The molecule has 12 heavy (non-hydrogen) atoms. The molecular formula is C6H8B4BrCl. The van der Waals surface area contributed by atoms with Crippen molar-refractivity contribution in [2.75, 3.05) is 0 Å². The Bertz CT molecular complexity index is 234. The molecule has 0 saturated carbocycles. The van der Waals surface area contributed by atoms with Crippen LogP contribution in [0.2, 0.25) is 5.02 Å². The summed E-state index contributed by atoms with van der Waals surface area (Å²) < 4.78 is 1.03. The number of benzene rings is 1. The average Bonchev–Trinajstić information content (AvgIpc) is 2.08. The highest BCUT2D eigenvalue weighted by atomic mass is 79.9. The fourth-order valence-electron chi connectivity index (χ4n) is 1.22. The minimum Gasteiger partial charge on any atom is -0.101 e. The molecule has 1 aromatic rings. The zero-order chi connectivity index (χ0) is 9.46. The van der Waals surface area contributed by atoms with Gasteiger partial charge in [-0.05, 0) is 15.9 Å². The van der Waals surface area contributed by atoms with Crippen molar-refractivity contribution in [2.24, 2.45) is 0 Å². The fraction of sp³-hybridized carbons (Fsp3) is 0. The third-order valence-electron chi connectivity index (χ3n) is 2.54. The van der Waals surface area contributed by atoms with Crippen molar-refractivity contribution in [2.45, 2.75) is 0 Å². The lowest BCUT2D eigenvalue weighted by Gasteiger charge is -2.13. The minimum absolute atomic E-state index is 0.843. The second-order valence-corrected chi connectivity index (χ2v) is 4.30. The molecule has 0 heterocycles. The summed E-state index contributed by atoms with van der Waals surface area (Å²) in [4.78, 5) is 0. The van der Waals surface area contributed by atoms with E-state index >= 15 is 0 Å². The third kappa shape index (κ3) is 1.49. The van der Waals surface area contributed by atoms with Crippen molar-refractivity contribution in [3.8, 4) is 0 Å². The predicted molar refractivity (Wildman–Crippen MR) is 71.9 cm³/mol. The van der Waals surface area contributed by atoms with E-state index in [1.807, 2.05) is 0 Å². The molecule has 0 fully saturated rings. The highest BCUT2D eigenvalue weighted by Gasteiger charge is 2.09. The molecule has 1 aromatic carbocycles. The summed E-state index contributed by atoms with van der Waals surface area (Å²) in [5, 5.41) is 0.843. The summed E-state index contributed by atoms with van der Waals surface area (Å²) in [6, 6.07) is 0. The second-order valence-electron chi connectivity index (χ2n) is 3.13. The SMILES string of the molecule is Bc1c(B)c(B)c(Br)c(Cl)c1B. The van der Waals surface area contributed by atoms with E-state index in [1.54, 1.807) is 0 Å². The standard InChI is InChI=1S/C6H8B4BrCl/c7-1-2(8)4(10)6(12)5(11)3(1)9/h7-10H2. The molecule has 0 aliphatic carbocycles. The van der Waals surface area contributed by atoms with Gasteiger partial charge in [0.25, 0.3) is 0 Å². The molecule has 0 radical (unpaired) electrons. The lowest BCUT2D eigenvalue weighted by atomic mass is 9.67. The normalized spacial score (nSPS) is 10.2. The number of halogens is 2. The predicted octanol–water partition coefficient (Wildman–Crippen LogP) is -3.86. The molecule has 1 rings (SSSR count). The van der Waals surface area contributed by atoms with Crippen LogP contribution in [0.3, 0.4) is 0 Å². The van der Waals surface area contributed by atoms with Crippen LogP contribution in [0.5, 0.6) is 0 Å². The van der Waals surface area contributed by atoms with E-state index in [9.17, 15) is 0 Å². The molecule has 0 aromatic heterocycles. The van der Waals surface area contributed by atoms with Gasteiger partial charge in [-0.1, -0.05) is 22.5 Å². The van der Waals surface area contributed by atoms with E-state index in [0.29, 0.717) is 0 Å². The monoisotopic (exact) mass is 238 g/mol. The van der Waals surface area contributed by atoms with Gasteiger partial charge < -0.3 is 0 Å². The van der Waals surface area contributed by atoms with Crippen LogP contribution in [0, 0.1) is 0 Å². The molecule has 0 unspecified atom stereocenters. The van der Waals surface area contributed by atoms with E-state index in [4.69, 9.17) is 11.6 Å². The molecule has 0 spiro atoms.